The molecule has 0 aliphatic heterocycles. The van der Waals surface area contributed by atoms with Crippen molar-refractivity contribution in [2.45, 2.75) is 82.4 Å². The molecule has 1 aliphatic rings. The molecular formula is C27H37F3N2O7. The molecule has 1 aromatic rings. The zero-order chi connectivity index (χ0) is 29.0. The number of hydrogen-bond donors (Lipinski definition) is 4. The molecular weight excluding hydrogens is 521 g/mol. The summed E-state index contributed by atoms with van der Waals surface area (Å²) in [6.45, 7) is 1.37. The summed E-state index contributed by atoms with van der Waals surface area (Å²) in [6, 6.07) is 4.49. The molecule has 6 atom stereocenters. The van der Waals surface area contributed by atoms with Gasteiger partial charge in [0.15, 0.2) is 0 Å². The van der Waals surface area contributed by atoms with E-state index in [1.54, 1.807) is 19.1 Å². The average molecular weight is 559 g/mol. The second-order valence-electron chi connectivity index (χ2n) is 9.89. The highest BCUT2D eigenvalue weighted by molar-refractivity contribution is 5.76. The van der Waals surface area contributed by atoms with Gasteiger partial charge in [0.2, 0.25) is 5.91 Å². The highest BCUT2D eigenvalue weighted by Crippen LogP contribution is 2.36. The molecule has 218 valence electrons. The van der Waals surface area contributed by atoms with Crippen molar-refractivity contribution in [3.05, 3.63) is 69.8 Å². The van der Waals surface area contributed by atoms with Crippen molar-refractivity contribution < 1.29 is 43.2 Å². The number of nitrogens with one attached hydrogen (secondary N) is 1. The number of aliphatic hydroxyl groups excluding tert-OH is 3. The fourth-order valence-corrected chi connectivity index (χ4v) is 4.59. The Bertz CT molecular complexity index is 986. The quantitative estimate of drug-likeness (QED) is 0.111. The van der Waals surface area contributed by atoms with Gasteiger partial charge in [0.25, 0.3) is 5.09 Å². The van der Waals surface area contributed by atoms with E-state index in [0.717, 1.165) is 12.1 Å². The number of amides is 1. The lowest BCUT2D eigenvalue weighted by Gasteiger charge is -2.19. The van der Waals surface area contributed by atoms with E-state index in [1.807, 2.05) is 12.2 Å². The van der Waals surface area contributed by atoms with Crippen LogP contribution in [-0.4, -0.2) is 57.3 Å². The molecule has 1 saturated carbocycles. The molecule has 0 heterocycles. The van der Waals surface area contributed by atoms with Crippen LogP contribution in [0.5, 0.6) is 0 Å². The standard InChI is InChI=1S/C27H37F3N2O7/c1-18(17-39-32(37)38)31-26(36)10-5-3-2-4-9-22-23(25(35)16-24(22)34)14-13-21(33)12-11-19-7-6-8-20(15-19)27(28,29)30/h2,4,6-8,13-15,18,21-25,33-35H,3,5,9-12,16-17H2,1H3,(H,31,36)/t18?,21-,22+,23+,24-,25+/m0/s1. The Labute approximate surface area is 225 Å². The Morgan fingerprint density at radius 2 is 2.03 bits per heavy atom. The van der Waals surface area contributed by atoms with E-state index >= 15 is 0 Å². The molecule has 0 aromatic heterocycles. The minimum Gasteiger partial charge on any atom is -0.393 e. The van der Waals surface area contributed by atoms with E-state index in [1.165, 1.54) is 12.1 Å². The van der Waals surface area contributed by atoms with Crippen molar-refractivity contribution in [1.29, 1.82) is 0 Å². The Morgan fingerprint density at radius 3 is 2.72 bits per heavy atom. The van der Waals surface area contributed by atoms with Crippen LogP contribution in [0.4, 0.5) is 13.2 Å². The van der Waals surface area contributed by atoms with Crippen LogP contribution in [0.15, 0.2) is 48.6 Å². The lowest BCUT2D eigenvalue weighted by Crippen LogP contribution is -2.36. The Morgan fingerprint density at radius 1 is 1.28 bits per heavy atom. The summed E-state index contributed by atoms with van der Waals surface area (Å²) < 4.78 is 38.7. The summed E-state index contributed by atoms with van der Waals surface area (Å²) in [5, 5.41) is 43.0. The van der Waals surface area contributed by atoms with Crippen molar-refractivity contribution in [2.75, 3.05) is 6.61 Å². The number of carbonyl (C=O) groups is 1. The predicted molar refractivity (Wildman–Crippen MR) is 137 cm³/mol. The number of alkyl halides is 3. The first kappa shape index (κ1) is 32.3. The molecule has 0 bridgehead atoms. The van der Waals surface area contributed by atoms with Gasteiger partial charge in [0.1, 0.15) is 6.61 Å². The number of hydrogen-bond acceptors (Lipinski definition) is 7. The minimum atomic E-state index is -4.43. The van der Waals surface area contributed by atoms with Gasteiger partial charge >= 0.3 is 6.18 Å². The van der Waals surface area contributed by atoms with Crippen molar-refractivity contribution in [1.82, 2.24) is 5.32 Å². The smallest absolute Gasteiger partial charge is 0.393 e. The second-order valence-corrected chi connectivity index (χ2v) is 9.89. The van der Waals surface area contributed by atoms with Crippen LogP contribution in [0, 0.1) is 22.0 Å². The number of halogens is 3. The average Bonchev–Trinajstić information content (AvgIpc) is 3.13. The molecule has 9 nitrogen and oxygen atoms in total. The Hall–Kier alpha value is -2.96. The van der Waals surface area contributed by atoms with E-state index in [2.05, 4.69) is 10.2 Å². The lowest BCUT2D eigenvalue weighted by molar-refractivity contribution is -0.758. The van der Waals surface area contributed by atoms with Crippen molar-refractivity contribution in [2.24, 2.45) is 11.8 Å². The van der Waals surface area contributed by atoms with Crippen LogP contribution in [-0.2, 0) is 22.2 Å². The number of unbranched alkanes of at least 4 members (excludes halogenated alkanes) is 1. The molecule has 39 heavy (non-hydrogen) atoms. The van der Waals surface area contributed by atoms with Gasteiger partial charge in [-0.05, 0) is 56.6 Å². The molecule has 1 fully saturated rings. The third-order valence-corrected chi connectivity index (χ3v) is 6.64. The summed E-state index contributed by atoms with van der Waals surface area (Å²) in [4.78, 5) is 26.3. The van der Waals surface area contributed by atoms with Crippen molar-refractivity contribution in [3.8, 4) is 0 Å². The maximum absolute atomic E-state index is 12.9. The molecule has 0 radical (unpaired) electrons. The van der Waals surface area contributed by atoms with Crippen LogP contribution < -0.4 is 5.32 Å². The first-order valence-corrected chi connectivity index (χ1v) is 13.0. The number of nitrogens with zero attached hydrogens (tertiary/aromatic N) is 1. The van der Waals surface area contributed by atoms with Crippen LogP contribution in [0.25, 0.3) is 0 Å². The highest BCUT2D eigenvalue weighted by Gasteiger charge is 2.39. The van der Waals surface area contributed by atoms with Gasteiger partial charge in [-0.3, -0.25) is 4.79 Å². The van der Waals surface area contributed by atoms with Crippen LogP contribution >= 0.6 is 0 Å². The SMILES string of the molecule is CC(CO[N+](=O)[O-])NC(=O)CCCC=CC[C@@H]1[C@@H](C=C[C@@H](O)CCc2cccc(C(F)(F)F)c2)[C@H](O)C[C@@H]1O. The maximum atomic E-state index is 12.9. The fourth-order valence-electron chi connectivity index (χ4n) is 4.59. The van der Waals surface area contributed by atoms with Crippen molar-refractivity contribution in [3.63, 3.8) is 0 Å². The number of benzene rings is 1. The van der Waals surface area contributed by atoms with Gasteiger partial charge in [0, 0.05) is 24.8 Å². The van der Waals surface area contributed by atoms with Gasteiger partial charge in [-0.25, -0.2) is 0 Å². The zero-order valence-electron chi connectivity index (χ0n) is 21.8. The van der Waals surface area contributed by atoms with Gasteiger partial charge in [-0.2, -0.15) is 13.2 Å². The fraction of sp³-hybridized carbons (Fsp3) is 0.593. The van der Waals surface area contributed by atoms with E-state index < -0.39 is 41.2 Å². The second kappa shape index (κ2) is 15.6. The third kappa shape index (κ3) is 11.8. The molecule has 1 amide bonds. The van der Waals surface area contributed by atoms with Gasteiger partial charge in [-0.15, -0.1) is 10.1 Å². The van der Waals surface area contributed by atoms with Crippen LogP contribution in [0.3, 0.4) is 0 Å². The molecule has 1 aliphatic carbocycles. The summed E-state index contributed by atoms with van der Waals surface area (Å²) in [6.07, 6.45) is 2.64. The molecule has 0 saturated heterocycles. The molecule has 4 N–H and O–H groups in total. The highest BCUT2D eigenvalue weighted by atomic mass is 19.4. The summed E-state index contributed by atoms with van der Waals surface area (Å²) in [7, 11) is 0. The summed E-state index contributed by atoms with van der Waals surface area (Å²) >= 11 is 0. The molecule has 2 rings (SSSR count). The van der Waals surface area contributed by atoms with Crippen LogP contribution in [0.1, 0.15) is 56.6 Å². The van der Waals surface area contributed by atoms with Gasteiger partial charge < -0.3 is 25.5 Å². The lowest BCUT2D eigenvalue weighted by atomic mass is 9.89. The van der Waals surface area contributed by atoms with Gasteiger partial charge in [0.05, 0.1) is 23.9 Å². The van der Waals surface area contributed by atoms with Gasteiger partial charge in [-0.1, -0.05) is 42.5 Å². The zero-order valence-corrected chi connectivity index (χ0v) is 21.8. The molecule has 1 aromatic carbocycles. The van der Waals surface area contributed by atoms with E-state index in [-0.39, 0.29) is 50.0 Å². The number of carbonyl (C=O) groups excluding carboxylic acids is 1. The molecule has 12 heteroatoms. The maximum Gasteiger partial charge on any atom is 0.416 e. The monoisotopic (exact) mass is 558 g/mol. The van der Waals surface area contributed by atoms with E-state index in [9.17, 15) is 43.4 Å². The number of aryl methyl sites for hydroxylation is 1. The van der Waals surface area contributed by atoms with Crippen LogP contribution in [0.2, 0.25) is 0 Å². The number of allylic oxidation sites excluding steroid dienone is 2. The first-order valence-electron chi connectivity index (χ1n) is 13.0. The topological polar surface area (TPSA) is 142 Å². The first-order chi connectivity index (χ1) is 18.4. The molecule has 1 unspecified atom stereocenters. The van der Waals surface area contributed by atoms with E-state index in [4.69, 9.17) is 0 Å². The summed E-state index contributed by atoms with van der Waals surface area (Å²) in [5.74, 6) is -0.899. The third-order valence-electron chi connectivity index (χ3n) is 6.64. The van der Waals surface area contributed by atoms with E-state index in [0.29, 0.717) is 24.8 Å². The molecule has 0 spiro atoms. The summed E-state index contributed by atoms with van der Waals surface area (Å²) in [5.41, 5.74) is -0.269. The Balaban J connectivity index is 1.77. The number of rotatable bonds is 15. The normalized spacial score (nSPS) is 23.3. The van der Waals surface area contributed by atoms with Crippen molar-refractivity contribution >= 4 is 5.91 Å². The minimum absolute atomic E-state index is 0.201. The Kier molecular flexibility index (Phi) is 12.9. The largest absolute Gasteiger partial charge is 0.416 e. The predicted octanol–water partition coefficient (Wildman–Crippen LogP) is 3.74. The number of aliphatic hydroxyl groups is 3.